The summed E-state index contributed by atoms with van der Waals surface area (Å²) in [5.41, 5.74) is 3.65. The van der Waals surface area contributed by atoms with Crippen LogP contribution in [0.1, 0.15) is 12.8 Å². The number of hydrogen-bond donors (Lipinski definition) is 1. The molecule has 2 nitrogen and oxygen atoms in total. The number of nitriles is 1. The van der Waals surface area contributed by atoms with Crippen LogP contribution >= 0.6 is 0 Å². The lowest BCUT2D eigenvalue weighted by molar-refractivity contribution is 0.104. The summed E-state index contributed by atoms with van der Waals surface area (Å²) in [6.07, 6.45) is 0.424. The van der Waals surface area contributed by atoms with Crippen LogP contribution < -0.4 is 5.73 Å². The Balaban J connectivity index is 2.44. The lowest BCUT2D eigenvalue weighted by Crippen LogP contribution is -2.47. The maximum atomic E-state index is 12.4. The third-order valence-electron chi connectivity index (χ3n) is 1.37. The molecule has 0 heterocycles. The van der Waals surface area contributed by atoms with Crippen LogP contribution in [0.4, 0.5) is 4.39 Å². The van der Waals surface area contributed by atoms with Crippen molar-refractivity contribution < 1.29 is 4.39 Å². The number of halogens is 1. The molecule has 1 fully saturated rings. The Hall–Kier alpha value is -0.620. The highest BCUT2D eigenvalue weighted by Crippen LogP contribution is 2.33. The summed E-state index contributed by atoms with van der Waals surface area (Å²) in [4.78, 5) is 0. The molecule has 1 saturated carbocycles. The van der Waals surface area contributed by atoms with E-state index in [1.165, 1.54) is 0 Å². The SMILES string of the molecule is N#CC1(F)CC(N)C1. The van der Waals surface area contributed by atoms with Crippen LogP contribution in [-0.4, -0.2) is 11.7 Å². The van der Waals surface area contributed by atoms with Gasteiger partial charge in [0.1, 0.15) is 6.07 Å². The molecule has 0 bridgehead atoms. The first-order valence-electron chi connectivity index (χ1n) is 2.52. The van der Waals surface area contributed by atoms with Gasteiger partial charge in [-0.25, -0.2) is 4.39 Å². The van der Waals surface area contributed by atoms with Gasteiger partial charge in [-0.05, 0) is 0 Å². The van der Waals surface area contributed by atoms with E-state index in [1.54, 1.807) is 6.07 Å². The molecule has 0 aromatic rings. The van der Waals surface area contributed by atoms with Crippen LogP contribution in [0.3, 0.4) is 0 Å². The van der Waals surface area contributed by atoms with Crippen LogP contribution in [0.2, 0.25) is 0 Å². The van der Waals surface area contributed by atoms with E-state index in [2.05, 4.69) is 0 Å². The fraction of sp³-hybridized carbons (Fsp3) is 0.800. The van der Waals surface area contributed by atoms with E-state index in [1.807, 2.05) is 0 Å². The molecule has 1 aliphatic carbocycles. The molecule has 0 aromatic heterocycles. The molecule has 2 N–H and O–H groups in total. The Morgan fingerprint density at radius 2 is 2.25 bits per heavy atom. The van der Waals surface area contributed by atoms with Crippen molar-refractivity contribution in [3.05, 3.63) is 0 Å². The summed E-state index contributed by atoms with van der Waals surface area (Å²) in [7, 11) is 0. The zero-order chi connectivity index (χ0) is 6.20. The van der Waals surface area contributed by atoms with Gasteiger partial charge >= 0.3 is 0 Å². The van der Waals surface area contributed by atoms with Gasteiger partial charge in [-0.2, -0.15) is 5.26 Å². The molecule has 0 unspecified atom stereocenters. The second-order valence-electron chi connectivity index (χ2n) is 2.25. The smallest absolute Gasteiger partial charge is 0.199 e. The van der Waals surface area contributed by atoms with E-state index in [0.717, 1.165) is 0 Å². The average Bonchev–Trinajstić information content (AvgIpc) is 1.63. The first-order chi connectivity index (χ1) is 3.66. The van der Waals surface area contributed by atoms with Gasteiger partial charge in [-0.15, -0.1) is 0 Å². The van der Waals surface area contributed by atoms with E-state index in [9.17, 15) is 4.39 Å². The minimum Gasteiger partial charge on any atom is -0.327 e. The Morgan fingerprint density at radius 3 is 2.38 bits per heavy atom. The average molecular weight is 114 g/mol. The Morgan fingerprint density at radius 1 is 1.75 bits per heavy atom. The molecule has 0 radical (unpaired) electrons. The molecule has 1 rings (SSSR count). The Bertz CT molecular complexity index is 132. The highest BCUT2D eigenvalue weighted by molar-refractivity contribution is 5.11. The van der Waals surface area contributed by atoms with Crippen molar-refractivity contribution in [1.29, 1.82) is 5.26 Å². The lowest BCUT2D eigenvalue weighted by atomic mass is 9.79. The van der Waals surface area contributed by atoms with Crippen molar-refractivity contribution in [2.24, 2.45) is 5.73 Å². The van der Waals surface area contributed by atoms with Crippen LogP contribution in [0.25, 0.3) is 0 Å². The Kier molecular flexibility index (Phi) is 0.983. The van der Waals surface area contributed by atoms with Crippen molar-refractivity contribution in [2.45, 2.75) is 24.6 Å². The van der Waals surface area contributed by atoms with Gasteiger partial charge < -0.3 is 5.73 Å². The minimum absolute atomic E-state index is 0.0837. The van der Waals surface area contributed by atoms with Crippen molar-refractivity contribution >= 4 is 0 Å². The predicted molar refractivity (Wildman–Crippen MR) is 26.7 cm³/mol. The van der Waals surface area contributed by atoms with Crippen molar-refractivity contribution in [3.8, 4) is 6.07 Å². The second kappa shape index (κ2) is 1.43. The molecule has 0 atom stereocenters. The summed E-state index contributed by atoms with van der Waals surface area (Å²) in [6, 6.07) is 1.48. The molecule has 0 aromatic carbocycles. The van der Waals surface area contributed by atoms with E-state index in [0.29, 0.717) is 0 Å². The van der Waals surface area contributed by atoms with Gasteiger partial charge in [0.15, 0.2) is 5.67 Å². The minimum atomic E-state index is -1.58. The number of nitrogens with two attached hydrogens (primary N) is 1. The highest BCUT2D eigenvalue weighted by Gasteiger charge is 2.43. The van der Waals surface area contributed by atoms with Crippen LogP contribution in [0, 0.1) is 11.3 Å². The topological polar surface area (TPSA) is 49.8 Å². The Labute approximate surface area is 47.1 Å². The number of nitrogens with zero attached hydrogens (tertiary/aromatic N) is 1. The third-order valence-corrected chi connectivity index (χ3v) is 1.37. The van der Waals surface area contributed by atoms with Crippen molar-refractivity contribution in [3.63, 3.8) is 0 Å². The molecule has 0 saturated heterocycles. The normalized spacial score (nSPS) is 44.9. The third kappa shape index (κ3) is 0.673. The van der Waals surface area contributed by atoms with E-state index in [-0.39, 0.29) is 18.9 Å². The predicted octanol–water partition coefficient (Wildman–Crippen LogP) is 0.339. The maximum Gasteiger partial charge on any atom is 0.199 e. The van der Waals surface area contributed by atoms with Gasteiger partial charge in [0, 0.05) is 18.9 Å². The fourth-order valence-corrected chi connectivity index (χ4v) is 0.863. The standard InChI is InChI=1S/C5H7FN2/c6-5(3-7)1-4(8)2-5/h4H,1-2,8H2. The molecule has 0 amide bonds. The maximum absolute atomic E-state index is 12.4. The van der Waals surface area contributed by atoms with E-state index in [4.69, 9.17) is 11.0 Å². The molecule has 0 spiro atoms. The summed E-state index contributed by atoms with van der Waals surface area (Å²) >= 11 is 0. The largest absolute Gasteiger partial charge is 0.327 e. The zero-order valence-electron chi connectivity index (χ0n) is 4.39. The van der Waals surface area contributed by atoms with Crippen molar-refractivity contribution in [2.75, 3.05) is 0 Å². The van der Waals surface area contributed by atoms with Gasteiger partial charge in [0.05, 0.1) is 0 Å². The number of rotatable bonds is 0. The summed E-state index contributed by atoms with van der Waals surface area (Å²) < 4.78 is 12.4. The first kappa shape index (κ1) is 5.52. The molecule has 1 aliphatic rings. The van der Waals surface area contributed by atoms with Gasteiger partial charge in [0.2, 0.25) is 0 Å². The monoisotopic (exact) mass is 114 g/mol. The summed E-state index contributed by atoms with van der Waals surface area (Å²) in [6.45, 7) is 0. The second-order valence-corrected chi connectivity index (χ2v) is 2.25. The number of hydrogen-bond acceptors (Lipinski definition) is 2. The van der Waals surface area contributed by atoms with Crippen LogP contribution in [0.5, 0.6) is 0 Å². The lowest BCUT2D eigenvalue weighted by Gasteiger charge is -2.32. The molecule has 3 heteroatoms. The zero-order valence-corrected chi connectivity index (χ0v) is 4.39. The van der Waals surface area contributed by atoms with Crippen LogP contribution in [-0.2, 0) is 0 Å². The number of alkyl halides is 1. The molecule has 8 heavy (non-hydrogen) atoms. The molecule has 0 aliphatic heterocycles. The fourth-order valence-electron chi connectivity index (χ4n) is 0.863. The summed E-state index contributed by atoms with van der Waals surface area (Å²) in [5, 5.41) is 8.08. The highest BCUT2D eigenvalue weighted by atomic mass is 19.1. The quantitative estimate of drug-likeness (QED) is 0.493. The van der Waals surface area contributed by atoms with E-state index >= 15 is 0 Å². The van der Waals surface area contributed by atoms with Crippen molar-refractivity contribution in [1.82, 2.24) is 0 Å². The first-order valence-corrected chi connectivity index (χ1v) is 2.52. The molecular formula is C5H7FN2. The van der Waals surface area contributed by atoms with E-state index < -0.39 is 5.67 Å². The summed E-state index contributed by atoms with van der Waals surface area (Å²) in [5.74, 6) is 0. The van der Waals surface area contributed by atoms with Crippen LogP contribution in [0.15, 0.2) is 0 Å². The molecular weight excluding hydrogens is 107 g/mol. The van der Waals surface area contributed by atoms with Gasteiger partial charge in [0.25, 0.3) is 0 Å². The van der Waals surface area contributed by atoms with Gasteiger partial charge in [-0.1, -0.05) is 0 Å². The van der Waals surface area contributed by atoms with Gasteiger partial charge in [-0.3, -0.25) is 0 Å². The molecule has 44 valence electrons.